The lowest BCUT2D eigenvalue weighted by Crippen LogP contribution is -2.38. The molecule has 2 N–H and O–H groups in total. The quantitative estimate of drug-likeness (QED) is 0.797. The van der Waals surface area contributed by atoms with E-state index in [4.69, 9.17) is 5.11 Å². The van der Waals surface area contributed by atoms with E-state index in [0.29, 0.717) is 0 Å². The van der Waals surface area contributed by atoms with Gasteiger partial charge in [0.2, 0.25) is 0 Å². The highest BCUT2D eigenvalue weighted by molar-refractivity contribution is 7.98. The Morgan fingerprint density at radius 2 is 2.31 bits per heavy atom. The van der Waals surface area contributed by atoms with Crippen molar-refractivity contribution in [3.8, 4) is 0 Å². The van der Waals surface area contributed by atoms with E-state index < -0.39 is 0 Å². The Hall–Kier alpha value is -0.520. The van der Waals surface area contributed by atoms with Gasteiger partial charge in [0.05, 0.1) is 0 Å². The summed E-state index contributed by atoms with van der Waals surface area (Å²) in [6, 6.07) is 1.93. The number of carbonyl (C=O) groups excluding carboxylic acids is 1. The first kappa shape index (κ1) is 13.5. The molecule has 0 spiro atoms. The zero-order chi connectivity index (χ0) is 12.1. The van der Waals surface area contributed by atoms with Crippen molar-refractivity contribution < 1.29 is 9.90 Å². The van der Waals surface area contributed by atoms with E-state index in [1.807, 2.05) is 31.5 Å². The van der Waals surface area contributed by atoms with E-state index in [9.17, 15) is 4.79 Å². The van der Waals surface area contributed by atoms with Gasteiger partial charge in [0, 0.05) is 17.5 Å². The molecular formula is C11H17NO2S2. The molecule has 1 rings (SSSR count). The van der Waals surface area contributed by atoms with Gasteiger partial charge >= 0.3 is 0 Å². The van der Waals surface area contributed by atoms with E-state index in [1.54, 1.807) is 11.8 Å². The van der Waals surface area contributed by atoms with Gasteiger partial charge < -0.3 is 10.4 Å². The zero-order valence-corrected chi connectivity index (χ0v) is 11.3. The average molecular weight is 259 g/mol. The van der Waals surface area contributed by atoms with Crippen LogP contribution in [0.25, 0.3) is 0 Å². The van der Waals surface area contributed by atoms with Crippen molar-refractivity contribution in [3.05, 3.63) is 16.3 Å². The van der Waals surface area contributed by atoms with E-state index in [2.05, 4.69) is 5.32 Å². The molecule has 1 heterocycles. The summed E-state index contributed by atoms with van der Waals surface area (Å²) in [5, 5.41) is 13.8. The van der Waals surface area contributed by atoms with Crippen molar-refractivity contribution in [2.75, 3.05) is 12.9 Å². The van der Waals surface area contributed by atoms with Gasteiger partial charge in [0.1, 0.15) is 4.88 Å². The number of thioether (sulfide) groups is 1. The van der Waals surface area contributed by atoms with Crippen LogP contribution in [0.3, 0.4) is 0 Å². The summed E-state index contributed by atoms with van der Waals surface area (Å²) in [5.74, 6) is 0.0220. The third-order valence-corrected chi connectivity index (χ3v) is 4.38. The van der Waals surface area contributed by atoms with Crippen LogP contribution in [0.15, 0.2) is 16.3 Å². The Balaban J connectivity index is 2.65. The molecular weight excluding hydrogens is 242 g/mol. The Morgan fingerprint density at radius 1 is 1.62 bits per heavy atom. The molecule has 0 aliphatic heterocycles. The standard InChI is InChI=1S/C11H17NO2S2/c1-7(6-13)8(2)12-11(14)10-9(15-3)4-5-16-10/h4-5,7-8,13H,6H2,1-3H3,(H,12,14). The maximum atomic E-state index is 11.9. The fraction of sp³-hybridized carbons (Fsp3) is 0.545. The number of aliphatic hydroxyl groups excluding tert-OH is 1. The van der Waals surface area contributed by atoms with Crippen molar-refractivity contribution >= 4 is 29.0 Å². The SMILES string of the molecule is CSc1ccsc1C(=O)NC(C)C(C)CO. The zero-order valence-electron chi connectivity index (χ0n) is 9.69. The normalized spacial score (nSPS) is 14.5. The van der Waals surface area contributed by atoms with Gasteiger partial charge in [-0.2, -0.15) is 0 Å². The van der Waals surface area contributed by atoms with Gasteiger partial charge in [0.25, 0.3) is 5.91 Å². The second kappa shape index (κ2) is 6.27. The molecule has 0 radical (unpaired) electrons. The summed E-state index contributed by atoms with van der Waals surface area (Å²) in [6.07, 6.45) is 1.96. The monoisotopic (exact) mass is 259 g/mol. The molecule has 2 unspecified atom stereocenters. The molecule has 1 amide bonds. The maximum Gasteiger partial charge on any atom is 0.262 e. The minimum atomic E-state index is -0.0489. The topological polar surface area (TPSA) is 49.3 Å². The first-order valence-corrected chi connectivity index (χ1v) is 7.23. The molecule has 0 aromatic carbocycles. The first-order valence-electron chi connectivity index (χ1n) is 5.13. The van der Waals surface area contributed by atoms with Crippen LogP contribution in [-0.2, 0) is 0 Å². The fourth-order valence-corrected chi connectivity index (χ4v) is 2.85. The van der Waals surface area contributed by atoms with Gasteiger partial charge in [-0.15, -0.1) is 23.1 Å². The molecule has 1 aromatic rings. The van der Waals surface area contributed by atoms with Crippen LogP contribution in [-0.4, -0.2) is 29.9 Å². The summed E-state index contributed by atoms with van der Waals surface area (Å²) in [4.78, 5) is 13.7. The van der Waals surface area contributed by atoms with Crippen molar-refractivity contribution in [1.29, 1.82) is 0 Å². The third kappa shape index (κ3) is 3.23. The van der Waals surface area contributed by atoms with Crippen LogP contribution in [0.4, 0.5) is 0 Å². The molecule has 0 saturated carbocycles. The van der Waals surface area contributed by atoms with Gasteiger partial charge in [-0.05, 0) is 30.5 Å². The fourth-order valence-electron chi connectivity index (χ4n) is 1.20. The molecule has 16 heavy (non-hydrogen) atoms. The number of amides is 1. The predicted molar refractivity (Wildman–Crippen MR) is 69.3 cm³/mol. The van der Waals surface area contributed by atoms with Gasteiger partial charge in [-0.3, -0.25) is 4.79 Å². The van der Waals surface area contributed by atoms with E-state index in [-0.39, 0.29) is 24.5 Å². The summed E-state index contributed by atoms with van der Waals surface area (Å²) in [6.45, 7) is 3.90. The van der Waals surface area contributed by atoms with Crippen LogP contribution in [0.1, 0.15) is 23.5 Å². The Morgan fingerprint density at radius 3 is 2.88 bits per heavy atom. The lowest BCUT2D eigenvalue weighted by Gasteiger charge is -2.19. The number of hydrogen-bond acceptors (Lipinski definition) is 4. The average Bonchev–Trinajstić information content (AvgIpc) is 2.75. The van der Waals surface area contributed by atoms with Crippen molar-refractivity contribution in [2.24, 2.45) is 5.92 Å². The molecule has 2 atom stereocenters. The van der Waals surface area contributed by atoms with E-state index in [1.165, 1.54) is 11.3 Å². The lowest BCUT2D eigenvalue weighted by atomic mass is 10.1. The van der Waals surface area contributed by atoms with Crippen LogP contribution in [0.2, 0.25) is 0 Å². The summed E-state index contributed by atoms with van der Waals surface area (Å²) in [7, 11) is 0. The molecule has 0 aliphatic rings. The Bertz CT molecular complexity index is 352. The summed E-state index contributed by atoms with van der Waals surface area (Å²) >= 11 is 3.02. The van der Waals surface area contributed by atoms with Crippen LogP contribution >= 0.6 is 23.1 Å². The van der Waals surface area contributed by atoms with E-state index in [0.717, 1.165) is 9.77 Å². The maximum absolute atomic E-state index is 11.9. The Kier molecular flexibility index (Phi) is 5.31. The molecule has 3 nitrogen and oxygen atoms in total. The highest BCUT2D eigenvalue weighted by Gasteiger charge is 2.17. The molecule has 0 saturated heterocycles. The first-order chi connectivity index (χ1) is 7.60. The number of nitrogens with one attached hydrogen (secondary N) is 1. The smallest absolute Gasteiger partial charge is 0.262 e. The van der Waals surface area contributed by atoms with Crippen molar-refractivity contribution in [2.45, 2.75) is 24.8 Å². The minimum absolute atomic E-state index is 0.0192. The van der Waals surface area contributed by atoms with Gasteiger partial charge in [0.15, 0.2) is 0 Å². The van der Waals surface area contributed by atoms with Crippen molar-refractivity contribution in [1.82, 2.24) is 5.32 Å². The Labute approximate surface area is 104 Å². The molecule has 5 heteroatoms. The minimum Gasteiger partial charge on any atom is -0.396 e. The molecule has 1 aromatic heterocycles. The van der Waals surface area contributed by atoms with Crippen LogP contribution in [0, 0.1) is 5.92 Å². The number of aliphatic hydroxyl groups is 1. The largest absolute Gasteiger partial charge is 0.396 e. The molecule has 0 fully saturated rings. The third-order valence-electron chi connectivity index (χ3n) is 2.56. The second-order valence-electron chi connectivity index (χ2n) is 3.74. The van der Waals surface area contributed by atoms with Crippen LogP contribution in [0.5, 0.6) is 0 Å². The number of rotatable bonds is 5. The summed E-state index contributed by atoms with van der Waals surface area (Å²) in [5.41, 5.74) is 0. The summed E-state index contributed by atoms with van der Waals surface area (Å²) < 4.78 is 0. The van der Waals surface area contributed by atoms with Gasteiger partial charge in [-0.25, -0.2) is 0 Å². The van der Waals surface area contributed by atoms with Gasteiger partial charge in [-0.1, -0.05) is 6.92 Å². The number of thiophene rings is 1. The highest BCUT2D eigenvalue weighted by atomic mass is 32.2. The van der Waals surface area contributed by atoms with Crippen LogP contribution < -0.4 is 5.32 Å². The van der Waals surface area contributed by atoms with Crippen molar-refractivity contribution in [3.63, 3.8) is 0 Å². The number of carbonyl (C=O) groups is 1. The molecule has 0 bridgehead atoms. The van der Waals surface area contributed by atoms with E-state index >= 15 is 0 Å². The highest BCUT2D eigenvalue weighted by Crippen LogP contribution is 2.25. The second-order valence-corrected chi connectivity index (χ2v) is 5.50. The molecule has 90 valence electrons. The number of hydrogen-bond donors (Lipinski definition) is 2. The lowest BCUT2D eigenvalue weighted by molar-refractivity contribution is 0.0918. The predicted octanol–water partition coefficient (Wildman–Crippen LogP) is 2.22. The molecule has 0 aliphatic carbocycles.